The molecule has 0 aliphatic carbocycles. The predicted molar refractivity (Wildman–Crippen MR) is 76.5 cm³/mol. The van der Waals surface area contributed by atoms with Crippen molar-refractivity contribution in [3.05, 3.63) is 0 Å². The summed E-state index contributed by atoms with van der Waals surface area (Å²) in [5.41, 5.74) is 0.375. The van der Waals surface area contributed by atoms with Crippen LogP contribution in [-0.2, 0) is 4.79 Å². The van der Waals surface area contributed by atoms with Gasteiger partial charge in [-0.25, -0.2) is 0 Å². The Morgan fingerprint density at radius 1 is 1.28 bits per heavy atom. The summed E-state index contributed by atoms with van der Waals surface area (Å²) in [6.45, 7) is 11.8. The van der Waals surface area contributed by atoms with Crippen molar-refractivity contribution in [2.75, 3.05) is 33.7 Å². The summed E-state index contributed by atoms with van der Waals surface area (Å²) in [4.78, 5) is 16.0. The first-order chi connectivity index (χ1) is 8.21. The zero-order valence-electron chi connectivity index (χ0n) is 13.0. The van der Waals surface area contributed by atoms with Crippen molar-refractivity contribution < 1.29 is 4.79 Å². The third-order valence-electron chi connectivity index (χ3n) is 4.42. The van der Waals surface area contributed by atoms with Crippen LogP contribution in [0.2, 0.25) is 0 Å². The Morgan fingerprint density at radius 2 is 1.78 bits per heavy atom. The number of hydrogen-bond donors (Lipinski definition) is 0. The van der Waals surface area contributed by atoms with Crippen LogP contribution >= 0.6 is 0 Å². The van der Waals surface area contributed by atoms with Crippen LogP contribution in [-0.4, -0.2) is 49.4 Å². The monoisotopic (exact) mass is 254 g/mol. The molecule has 1 unspecified atom stereocenters. The highest BCUT2D eigenvalue weighted by atomic mass is 16.2. The van der Waals surface area contributed by atoms with Gasteiger partial charge in [-0.05, 0) is 44.2 Å². The molecule has 1 rings (SSSR count). The Balaban J connectivity index is 2.44. The van der Waals surface area contributed by atoms with Gasteiger partial charge in [0.25, 0.3) is 0 Å². The van der Waals surface area contributed by atoms with E-state index in [4.69, 9.17) is 0 Å². The van der Waals surface area contributed by atoms with Crippen LogP contribution in [0.1, 0.15) is 40.5 Å². The van der Waals surface area contributed by atoms with Gasteiger partial charge in [0.05, 0.1) is 6.54 Å². The molecule has 1 fully saturated rings. The van der Waals surface area contributed by atoms with Crippen molar-refractivity contribution in [2.45, 2.75) is 40.5 Å². The van der Waals surface area contributed by atoms with E-state index in [1.165, 1.54) is 0 Å². The number of nitrogens with zero attached hydrogens (tertiary/aromatic N) is 2. The van der Waals surface area contributed by atoms with Gasteiger partial charge in [-0.15, -0.1) is 0 Å². The first-order valence-corrected chi connectivity index (χ1v) is 7.14. The molecule has 1 amide bonds. The fourth-order valence-corrected chi connectivity index (χ4v) is 2.73. The highest BCUT2D eigenvalue weighted by Gasteiger charge is 2.31. The Morgan fingerprint density at radius 3 is 2.17 bits per heavy atom. The molecule has 1 aliphatic rings. The molecule has 3 heteroatoms. The third kappa shape index (κ3) is 4.27. The Bertz CT molecular complexity index is 273. The molecule has 0 N–H and O–H groups in total. The smallest absolute Gasteiger partial charge is 0.236 e. The second-order valence-corrected chi connectivity index (χ2v) is 7.11. The highest BCUT2D eigenvalue weighted by molar-refractivity contribution is 5.78. The minimum absolute atomic E-state index is 0.280. The van der Waals surface area contributed by atoms with E-state index in [1.807, 2.05) is 23.9 Å². The Hall–Kier alpha value is -0.570. The Labute approximate surface area is 113 Å². The minimum Gasteiger partial charge on any atom is -0.342 e. The number of hydrogen-bond acceptors (Lipinski definition) is 2. The summed E-state index contributed by atoms with van der Waals surface area (Å²) in [7, 11) is 3.90. The average molecular weight is 254 g/mol. The zero-order valence-corrected chi connectivity index (χ0v) is 13.0. The minimum atomic E-state index is 0.280. The van der Waals surface area contributed by atoms with Crippen LogP contribution in [0.4, 0.5) is 0 Å². The van der Waals surface area contributed by atoms with Gasteiger partial charge >= 0.3 is 0 Å². The van der Waals surface area contributed by atoms with E-state index < -0.39 is 0 Å². The summed E-state index contributed by atoms with van der Waals surface area (Å²) in [5, 5.41) is 0. The molecule has 0 aromatic rings. The van der Waals surface area contributed by atoms with E-state index in [0.29, 0.717) is 12.0 Å². The van der Waals surface area contributed by atoms with Crippen molar-refractivity contribution in [2.24, 2.45) is 17.3 Å². The number of carbonyl (C=O) groups excluding carboxylic acids is 1. The number of carbonyl (C=O) groups is 1. The maximum atomic E-state index is 12.0. The van der Waals surface area contributed by atoms with Crippen molar-refractivity contribution in [3.8, 4) is 0 Å². The molecule has 18 heavy (non-hydrogen) atoms. The molecule has 3 nitrogen and oxygen atoms in total. The lowest BCUT2D eigenvalue weighted by molar-refractivity contribution is -0.133. The molecule has 0 bridgehead atoms. The molecule has 0 saturated carbocycles. The van der Waals surface area contributed by atoms with Gasteiger partial charge in [0, 0.05) is 13.1 Å². The van der Waals surface area contributed by atoms with Gasteiger partial charge in [-0.1, -0.05) is 27.7 Å². The first-order valence-electron chi connectivity index (χ1n) is 7.14. The van der Waals surface area contributed by atoms with Crippen molar-refractivity contribution in [3.63, 3.8) is 0 Å². The van der Waals surface area contributed by atoms with Crippen LogP contribution in [0.25, 0.3) is 0 Å². The van der Waals surface area contributed by atoms with Crippen LogP contribution in [0.15, 0.2) is 0 Å². The second kappa shape index (κ2) is 6.05. The summed E-state index contributed by atoms with van der Waals surface area (Å²) in [6.07, 6.45) is 2.33. The summed E-state index contributed by atoms with van der Waals surface area (Å²) in [5.74, 6) is 1.78. The fourth-order valence-electron chi connectivity index (χ4n) is 2.73. The van der Waals surface area contributed by atoms with Crippen molar-refractivity contribution in [1.29, 1.82) is 0 Å². The van der Waals surface area contributed by atoms with Crippen LogP contribution in [0.5, 0.6) is 0 Å². The van der Waals surface area contributed by atoms with Gasteiger partial charge in [-0.2, -0.15) is 0 Å². The molecule has 1 saturated heterocycles. The predicted octanol–water partition coefficient (Wildman–Crippen LogP) is 2.47. The van der Waals surface area contributed by atoms with E-state index in [-0.39, 0.29) is 5.91 Å². The van der Waals surface area contributed by atoms with E-state index in [1.54, 1.807) is 0 Å². The molecule has 1 aliphatic heterocycles. The topological polar surface area (TPSA) is 23.6 Å². The largest absolute Gasteiger partial charge is 0.342 e. The van der Waals surface area contributed by atoms with Gasteiger partial charge in [-0.3, -0.25) is 4.79 Å². The van der Waals surface area contributed by atoms with Gasteiger partial charge in [0.1, 0.15) is 0 Å². The third-order valence-corrected chi connectivity index (χ3v) is 4.42. The van der Waals surface area contributed by atoms with Crippen LogP contribution < -0.4 is 0 Å². The first kappa shape index (κ1) is 15.5. The lowest BCUT2D eigenvalue weighted by atomic mass is 9.71. The zero-order chi connectivity index (χ0) is 13.9. The molecule has 0 radical (unpaired) electrons. The second-order valence-electron chi connectivity index (χ2n) is 7.11. The molecule has 106 valence electrons. The normalized spacial score (nSPS) is 20.3. The van der Waals surface area contributed by atoms with Crippen LogP contribution in [0.3, 0.4) is 0 Å². The maximum absolute atomic E-state index is 12.0. The standard InChI is InChI=1S/C15H30N2O/c1-12(15(2,3)4)13-7-9-17(10-8-13)14(18)11-16(5)6/h12-13H,7-11H2,1-6H3. The molecular formula is C15H30N2O. The molecular weight excluding hydrogens is 224 g/mol. The summed E-state index contributed by atoms with van der Waals surface area (Å²) >= 11 is 0. The molecule has 1 atom stereocenters. The lowest BCUT2D eigenvalue weighted by Crippen LogP contribution is -2.44. The lowest BCUT2D eigenvalue weighted by Gasteiger charge is -2.40. The van der Waals surface area contributed by atoms with Gasteiger partial charge in [0.2, 0.25) is 5.91 Å². The highest BCUT2D eigenvalue weighted by Crippen LogP contribution is 2.36. The maximum Gasteiger partial charge on any atom is 0.236 e. The van der Waals surface area contributed by atoms with E-state index in [0.717, 1.165) is 37.8 Å². The number of rotatable bonds is 3. The number of likely N-dealkylation sites (tertiary alicyclic amines) is 1. The summed E-state index contributed by atoms with van der Waals surface area (Å²) in [6, 6.07) is 0. The SMILES string of the molecule is CC(C1CCN(C(=O)CN(C)C)CC1)C(C)(C)C. The van der Waals surface area contributed by atoms with Crippen LogP contribution in [0, 0.1) is 17.3 Å². The van der Waals surface area contributed by atoms with E-state index >= 15 is 0 Å². The molecule has 0 aromatic carbocycles. The quantitative estimate of drug-likeness (QED) is 0.772. The summed E-state index contributed by atoms with van der Waals surface area (Å²) < 4.78 is 0. The molecule has 1 heterocycles. The Kier molecular flexibility index (Phi) is 5.20. The number of likely N-dealkylation sites (N-methyl/N-ethyl adjacent to an activating group) is 1. The number of amides is 1. The van der Waals surface area contributed by atoms with Crippen molar-refractivity contribution >= 4 is 5.91 Å². The molecule has 0 aromatic heterocycles. The van der Waals surface area contributed by atoms with E-state index in [9.17, 15) is 4.79 Å². The van der Waals surface area contributed by atoms with Crippen molar-refractivity contribution in [1.82, 2.24) is 9.80 Å². The molecule has 0 spiro atoms. The fraction of sp³-hybridized carbons (Fsp3) is 0.933. The van der Waals surface area contributed by atoms with Gasteiger partial charge < -0.3 is 9.80 Å². The number of piperidine rings is 1. The van der Waals surface area contributed by atoms with Gasteiger partial charge in [0.15, 0.2) is 0 Å². The van der Waals surface area contributed by atoms with E-state index in [2.05, 4.69) is 27.7 Å². The average Bonchev–Trinajstić information content (AvgIpc) is 2.26.